The van der Waals surface area contributed by atoms with Gasteiger partial charge in [0.05, 0.1) is 19.2 Å². The maximum atomic E-state index is 13.5. The summed E-state index contributed by atoms with van der Waals surface area (Å²) in [5, 5.41) is 0. The maximum Gasteiger partial charge on any atom is 0.309 e. The second kappa shape index (κ2) is 5.12. The average molecular weight is 288 g/mol. The molecule has 108 valence electrons. The van der Waals surface area contributed by atoms with Gasteiger partial charge in [0.15, 0.2) is 0 Å². The molecule has 5 nitrogen and oxygen atoms in total. The minimum Gasteiger partial charge on any atom is -0.484 e. The van der Waals surface area contributed by atoms with Gasteiger partial charge in [0.1, 0.15) is 23.5 Å². The van der Waals surface area contributed by atoms with Gasteiger partial charge < -0.3 is 9.47 Å². The molecule has 6 heteroatoms. The van der Waals surface area contributed by atoms with Crippen LogP contribution in [0.2, 0.25) is 0 Å². The number of rotatable bonds is 2. The molecule has 1 aliphatic heterocycles. The Kier molecular flexibility index (Phi) is 3.29. The van der Waals surface area contributed by atoms with E-state index in [1.54, 1.807) is 13.1 Å². The summed E-state index contributed by atoms with van der Waals surface area (Å²) < 4.78 is 23.9. The summed E-state index contributed by atoms with van der Waals surface area (Å²) in [6, 6.07) is 4.22. The molecule has 1 aromatic heterocycles. The molecule has 0 saturated heterocycles. The zero-order chi connectivity index (χ0) is 15.0. The highest BCUT2D eigenvalue weighted by Crippen LogP contribution is 2.42. The number of fused-ring (bicyclic) bond motifs is 3. The van der Waals surface area contributed by atoms with Crippen molar-refractivity contribution in [2.75, 3.05) is 7.11 Å². The van der Waals surface area contributed by atoms with E-state index in [-0.39, 0.29) is 12.2 Å². The van der Waals surface area contributed by atoms with Crippen molar-refractivity contribution in [1.29, 1.82) is 0 Å². The molecule has 0 aliphatic carbocycles. The van der Waals surface area contributed by atoms with E-state index in [0.717, 1.165) is 0 Å². The Labute approximate surface area is 120 Å². The molecule has 0 fully saturated rings. The second-order valence-electron chi connectivity index (χ2n) is 4.75. The minimum absolute atomic E-state index is 0.0484. The van der Waals surface area contributed by atoms with Crippen LogP contribution >= 0.6 is 0 Å². The molecule has 1 aromatic carbocycles. The van der Waals surface area contributed by atoms with Crippen molar-refractivity contribution in [3.8, 4) is 17.0 Å². The second-order valence-corrected chi connectivity index (χ2v) is 4.75. The summed E-state index contributed by atoms with van der Waals surface area (Å²) in [6.07, 6.45) is 1.12. The Morgan fingerprint density at radius 2 is 2.29 bits per heavy atom. The number of benzene rings is 1. The summed E-state index contributed by atoms with van der Waals surface area (Å²) in [4.78, 5) is 20.0. The van der Waals surface area contributed by atoms with Gasteiger partial charge in [-0.3, -0.25) is 4.79 Å². The van der Waals surface area contributed by atoms with Crippen LogP contribution in [0.4, 0.5) is 4.39 Å². The zero-order valence-corrected chi connectivity index (χ0v) is 11.6. The first-order valence-corrected chi connectivity index (χ1v) is 6.45. The number of ether oxygens (including phenoxy) is 2. The van der Waals surface area contributed by atoms with E-state index >= 15 is 0 Å². The molecule has 0 saturated carbocycles. The molecule has 2 aromatic rings. The normalized spacial score (nSPS) is 15.7. The van der Waals surface area contributed by atoms with Gasteiger partial charge in [-0.05, 0) is 25.1 Å². The van der Waals surface area contributed by atoms with Crippen LogP contribution in [0.5, 0.6) is 5.75 Å². The molecule has 1 aliphatic rings. The van der Waals surface area contributed by atoms with Gasteiger partial charge in [0.2, 0.25) is 0 Å². The molecule has 1 unspecified atom stereocenters. The van der Waals surface area contributed by atoms with Crippen molar-refractivity contribution in [1.82, 2.24) is 9.97 Å². The van der Waals surface area contributed by atoms with Crippen molar-refractivity contribution in [2.24, 2.45) is 0 Å². The first-order valence-electron chi connectivity index (χ1n) is 6.45. The van der Waals surface area contributed by atoms with E-state index in [2.05, 4.69) is 14.7 Å². The average Bonchev–Trinajstić information content (AvgIpc) is 2.47. The van der Waals surface area contributed by atoms with Gasteiger partial charge in [0.25, 0.3) is 0 Å². The summed E-state index contributed by atoms with van der Waals surface area (Å²) in [5.41, 5.74) is 1.82. The van der Waals surface area contributed by atoms with Crippen molar-refractivity contribution in [3.63, 3.8) is 0 Å². The molecule has 21 heavy (non-hydrogen) atoms. The summed E-state index contributed by atoms with van der Waals surface area (Å²) in [5.74, 6) is 0.307. The quantitative estimate of drug-likeness (QED) is 0.795. The van der Waals surface area contributed by atoms with Gasteiger partial charge in [-0.25, -0.2) is 14.4 Å². The predicted octanol–water partition coefficient (Wildman–Crippen LogP) is 2.59. The molecule has 2 heterocycles. The van der Waals surface area contributed by atoms with E-state index in [1.165, 1.54) is 25.3 Å². The van der Waals surface area contributed by atoms with Crippen LogP contribution in [0.1, 0.15) is 23.9 Å². The van der Waals surface area contributed by atoms with Gasteiger partial charge in [0, 0.05) is 17.3 Å². The van der Waals surface area contributed by atoms with Gasteiger partial charge >= 0.3 is 5.97 Å². The third-order valence-electron chi connectivity index (χ3n) is 3.33. The molecule has 0 amide bonds. The number of nitrogens with zero attached hydrogens (tertiary/aromatic N) is 2. The number of hydrogen-bond acceptors (Lipinski definition) is 5. The number of hydrogen-bond donors (Lipinski definition) is 0. The monoisotopic (exact) mass is 288 g/mol. The van der Waals surface area contributed by atoms with Crippen LogP contribution in [-0.4, -0.2) is 23.0 Å². The Balaban J connectivity index is 2.12. The number of aryl methyl sites for hydroxylation is 1. The Morgan fingerprint density at radius 1 is 1.48 bits per heavy atom. The van der Waals surface area contributed by atoms with Crippen LogP contribution < -0.4 is 4.74 Å². The van der Waals surface area contributed by atoms with E-state index in [4.69, 9.17) is 4.74 Å². The van der Waals surface area contributed by atoms with Crippen LogP contribution in [0.3, 0.4) is 0 Å². The Morgan fingerprint density at radius 3 is 3.05 bits per heavy atom. The lowest BCUT2D eigenvalue weighted by Crippen LogP contribution is -2.20. The van der Waals surface area contributed by atoms with E-state index in [9.17, 15) is 9.18 Å². The third kappa shape index (κ3) is 2.44. The lowest BCUT2D eigenvalue weighted by Gasteiger charge is -2.27. The topological polar surface area (TPSA) is 61.3 Å². The maximum absolute atomic E-state index is 13.5. The van der Waals surface area contributed by atoms with Gasteiger partial charge in [-0.1, -0.05) is 0 Å². The first kappa shape index (κ1) is 13.5. The molecule has 3 rings (SSSR count). The number of esters is 1. The number of halogens is 1. The summed E-state index contributed by atoms with van der Waals surface area (Å²) in [6.45, 7) is 1.75. The molecular formula is C15H13FN2O3. The highest BCUT2D eigenvalue weighted by molar-refractivity contribution is 5.75. The van der Waals surface area contributed by atoms with Gasteiger partial charge in [-0.2, -0.15) is 0 Å². The van der Waals surface area contributed by atoms with Crippen molar-refractivity contribution in [2.45, 2.75) is 19.4 Å². The van der Waals surface area contributed by atoms with Crippen molar-refractivity contribution in [3.05, 3.63) is 41.6 Å². The van der Waals surface area contributed by atoms with Crippen LogP contribution in [0.25, 0.3) is 11.3 Å². The fourth-order valence-corrected chi connectivity index (χ4v) is 2.32. The largest absolute Gasteiger partial charge is 0.484 e. The van der Waals surface area contributed by atoms with Crippen LogP contribution in [0.15, 0.2) is 24.4 Å². The van der Waals surface area contributed by atoms with E-state index < -0.39 is 12.1 Å². The number of methoxy groups -OCH3 is 1. The molecule has 0 bridgehead atoms. The van der Waals surface area contributed by atoms with Crippen LogP contribution in [-0.2, 0) is 9.53 Å². The first-order chi connectivity index (χ1) is 10.1. The zero-order valence-electron chi connectivity index (χ0n) is 11.6. The Bertz CT molecular complexity index is 718. The highest BCUT2D eigenvalue weighted by atomic mass is 19.1. The lowest BCUT2D eigenvalue weighted by atomic mass is 9.97. The smallest absolute Gasteiger partial charge is 0.309 e. The van der Waals surface area contributed by atoms with E-state index in [0.29, 0.717) is 28.4 Å². The van der Waals surface area contributed by atoms with Gasteiger partial charge in [-0.15, -0.1) is 0 Å². The number of carbonyl (C=O) groups is 1. The standard InChI is InChI=1S/C15H13FN2O3/c1-8-17-7-11-13(6-14(19)20-2)21-12-4-3-9(16)5-10(12)15(11)18-8/h3-5,7,13H,6H2,1-2H3. The van der Waals surface area contributed by atoms with E-state index in [1.807, 2.05) is 0 Å². The fourth-order valence-electron chi connectivity index (χ4n) is 2.32. The lowest BCUT2D eigenvalue weighted by molar-refractivity contribution is -0.142. The van der Waals surface area contributed by atoms with Crippen molar-refractivity contribution < 1.29 is 18.7 Å². The van der Waals surface area contributed by atoms with Crippen molar-refractivity contribution >= 4 is 5.97 Å². The predicted molar refractivity (Wildman–Crippen MR) is 72.2 cm³/mol. The molecule has 0 N–H and O–H groups in total. The molecular weight excluding hydrogens is 275 g/mol. The molecule has 0 radical (unpaired) electrons. The fraction of sp³-hybridized carbons (Fsp3) is 0.267. The Hall–Kier alpha value is -2.50. The number of carbonyl (C=O) groups excluding carboxylic acids is 1. The van der Waals surface area contributed by atoms with Crippen LogP contribution in [0, 0.1) is 12.7 Å². The summed E-state index contributed by atoms with van der Waals surface area (Å²) >= 11 is 0. The SMILES string of the molecule is COC(=O)CC1Oc2ccc(F)cc2-c2nc(C)ncc21. The molecule has 0 spiro atoms. The highest BCUT2D eigenvalue weighted by Gasteiger charge is 2.30. The third-order valence-corrected chi connectivity index (χ3v) is 3.33. The summed E-state index contributed by atoms with van der Waals surface area (Å²) in [7, 11) is 1.32. The number of aromatic nitrogens is 2. The minimum atomic E-state index is -0.536. The molecule has 1 atom stereocenters.